The van der Waals surface area contributed by atoms with E-state index in [0.717, 1.165) is 5.56 Å². The lowest BCUT2D eigenvalue weighted by atomic mass is 10.1. The summed E-state index contributed by atoms with van der Waals surface area (Å²) in [6.07, 6.45) is 2.93. The average Bonchev–Trinajstić information content (AvgIpc) is 2.72. The molecule has 3 aromatic rings. The summed E-state index contributed by atoms with van der Waals surface area (Å²) in [4.78, 5) is 27.4. The molecule has 160 valence electrons. The third-order valence-electron chi connectivity index (χ3n) is 4.07. The molecule has 2 aromatic carbocycles. The molecule has 1 aromatic heterocycles. The Hall–Kier alpha value is -3.85. The van der Waals surface area contributed by atoms with Crippen molar-refractivity contribution in [2.24, 2.45) is 0 Å². The maximum absolute atomic E-state index is 11.8. The van der Waals surface area contributed by atoms with E-state index in [1.807, 2.05) is 37.3 Å². The first-order valence-electron chi connectivity index (χ1n) is 9.18. The van der Waals surface area contributed by atoms with Crippen LogP contribution in [0, 0.1) is 10.1 Å². The molecule has 0 unspecified atom stereocenters. The summed E-state index contributed by atoms with van der Waals surface area (Å²) in [6, 6.07) is 12.9. The van der Waals surface area contributed by atoms with Gasteiger partial charge in [-0.3, -0.25) is 14.9 Å². The predicted octanol–water partition coefficient (Wildman–Crippen LogP) is 4.19. The number of aromatic nitrogens is 2. The summed E-state index contributed by atoms with van der Waals surface area (Å²) < 4.78 is 11.5. The molecule has 0 amide bonds. The van der Waals surface area contributed by atoms with Crippen LogP contribution in [0.1, 0.15) is 23.9 Å². The zero-order valence-electron chi connectivity index (χ0n) is 16.4. The van der Waals surface area contributed by atoms with Gasteiger partial charge in [-0.1, -0.05) is 48.0 Å². The van der Waals surface area contributed by atoms with E-state index in [-0.39, 0.29) is 5.82 Å². The van der Waals surface area contributed by atoms with Crippen LogP contribution in [0.15, 0.2) is 47.3 Å². The SMILES string of the molecule is CCOc1cc(/C=C/c2nc(O)c([N+](=O)[O-])c(=O)[nH]2)cc(Cl)c1OCc1ccccc1. The lowest BCUT2D eigenvalue weighted by molar-refractivity contribution is -0.387. The molecule has 1 heterocycles. The first-order valence-corrected chi connectivity index (χ1v) is 9.55. The largest absolute Gasteiger partial charge is 0.490 e. The maximum atomic E-state index is 11.8. The van der Waals surface area contributed by atoms with Crippen LogP contribution in [0.5, 0.6) is 17.4 Å². The fraction of sp³-hybridized carbons (Fsp3) is 0.143. The molecular weight excluding hydrogens is 426 g/mol. The van der Waals surface area contributed by atoms with Gasteiger partial charge in [0.15, 0.2) is 11.5 Å². The molecule has 0 aliphatic carbocycles. The molecule has 0 atom stereocenters. The number of H-pyrrole nitrogens is 1. The van der Waals surface area contributed by atoms with Gasteiger partial charge < -0.3 is 19.6 Å². The van der Waals surface area contributed by atoms with E-state index >= 15 is 0 Å². The number of rotatable bonds is 8. The lowest BCUT2D eigenvalue weighted by Crippen LogP contribution is -2.14. The van der Waals surface area contributed by atoms with Crippen molar-refractivity contribution >= 4 is 29.4 Å². The summed E-state index contributed by atoms with van der Waals surface area (Å²) in [5.74, 6) is -0.208. The van der Waals surface area contributed by atoms with Crippen LogP contribution in [0.4, 0.5) is 5.69 Å². The highest BCUT2D eigenvalue weighted by atomic mass is 35.5. The number of ether oxygens (including phenoxy) is 2. The standard InChI is InChI=1S/C21H18ClN3O6/c1-2-30-16-11-14(8-9-17-23-20(26)18(25(28)29)21(27)24-17)10-15(22)19(16)31-12-13-6-4-3-5-7-13/h3-11H,2,12H2,1H3,(H2,23,24,26,27)/b9-8+. The molecule has 10 heteroatoms. The third-order valence-corrected chi connectivity index (χ3v) is 4.35. The molecule has 9 nitrogen and oxygen atoms in total. The number of benzene rings is 2. The zero-order valence-corrected chi connectivity index (χ0v) is 17.1. The summed E-state index contributed by atoms with van der Waals surface area (Å²) in [7, 11) is 0. The van der Waals surface area contributed by atoms with E-state index in [4.69, 9.17) is 21.1 Å². The molecule has 3 rings (SSSR count). The normalized spacial score (nSPS) is 10.9. The number of aromatic hydroxyl groups is 1. The molecule has 0 fully saturated rings. The van der Waals surface area contributed by atoms with Gasteiger partial charge in [0, 0.05) is 0 Å². The number of halogens is 1. The van der Waals surface area contributed by atoms with Gasteiger partial charge in [-0.2, -0.15) is 4.98 Å². The van der Waals surface area contributed by atoms with Gasteiger partial charge in [0.2, 0.25) is 0 Å². The lowest BCUT2D eigenvalue weighted by Gasteiger charge is -2.14. The van der Waals surface area contributed by atoms with Gasteiger partial charge in [0.1, 0.15) is 12.4 Å². The second-order valence-electron chi connectivity index (χ2n) is 6.25. The van der Waals surface area contributed by atoms with E-state index in [1.54, 1.807) is 18.2 Å². The Kier molecular flexibility index (Phi) is 6.88. The van der Waals surface area contributed by atoms with Crippen molar-refractivity contribution in [3.8, 4) is 17.4 Å². The van der Waals surface area contributed by atoms with Crippen molar-refractivity contribution in [3.63, 3.8) is 0 Å². The first kappa shape index (κ1) is 21.8. The minimum atomic E-state index is -1.06. The molecule has 2 N–H and O–H groups in total. The molecule has 0 aliphatic rings. The minimum absolute atomic E-state index is 0.0633. The number of aromatic amines is 1. The quantitative estimate of drug-likeness (QED) is 0.394. The van der Waals surface area contributed by atoms with Crippen LogP contribution >= 0.6 is 11.6 Å². The highest BCUT2D eigenvalue weighted by Gasteiger charge is 2.21. The van der Waals surface area contributed by atoms with Crippen molar-refractivity contribution < 1.29 is 19.5 Å². The summed E-state index contributed by atoms with van der Waals surface area (Å²) >= 11 is 6.40. The van der Waals surface area contributed by atoms with Crippen LogP contribution in [0.25, 0.3) is 12.2 Å². The molecule has 0 radical (unpaired) electrons. The fourth-order valence-electron chi connectivity index (χ4n) is 2.71. The number of nitrogens with one attached hydrogen (secondary N) is 1. The van der Waals surface area contributed by atoms with Crippen LogP contribution in [0.2, 0.25) is 5.02 Å². The van der Waals surface area contributed by atoms with E-state index < -0.39 is 22.0 Å². The van der Waals surface area contributed by atoms with Gasteiger partial charge in [-0.05, 0) is 36.3 Å². The molecule has 0 aliphatic heterocycles. The molecule has 0 spiro atoms. The molecule has 0 bridgehead atoms. The average molecular weight is 444 g/mol. The number of nitrogens with zero attached hydrogens (tertiary/aromatic N) is 2. The predicted molar refractivity (Wildman–Crippen MR) is 115 cm³/mol. The summed E-state index contributed by atoms with van der Waals surface area (Å²) in [6.45, 7) is 2.52. The zero-order chi connectivity index (χ0) is 22.4. The first-order chi connectivity index (χ1) is 14.9. The van der Waals surface area contributed by atoms with Crippen molar-refractivity contribution in [3.05, 3.63) is 84.9 Å². The third kappa shape index (κ3) is 5.40. The Labute approximate surface area is 181 Å². The van der Waals surface area contributed by atoms with Crippen molar-refractivity contribution in [1.82, 2.24) is 9.97 Å². The maximum Gasteiger partial charge on any atom is 0.395 e. The van der Waals surface area contributed by atoms with E-state index in [9.17, 15) is 20.0 Å². The Morgan fingerprint density at radius 1 is 1.23 bits per heavy atom. The number of hydrogen-bond donors (Lipinski definition) is 2. The molecule has 0 saturated carbocycles. The number of hydrogen-bond acceptors (Lipinski definition) is 7. The van der Waals surface area contributed by atoms with Gasteiger partial charge in [0.25, 0.3) is 5.88 Å². The van der Waals surface area contributed by atoms with Crippen molar-refractivity contribution in [2.75, 3.05) is 6.61 Å². The number of nitro groups is 1. The fourth-order valence-corrected chi connectivity index (χ4v) is 2.98. The van der Waals surface area contributed by atoms with Gasteiger partial charge in [-0.15, -0.1) is 0 Å². The second-order valence-corrected chi connectivity index (χ2v) is 6.66. The smallest absolute Gasteiger partial charge is 0.395 e. The van der Waals surface area contributed by atoms with Crippen molar-refractivity contribution in [2.45, 2.75) is 13.5 Å². The molecule has 31 heavy (non-hydrogen) atoms. The van der Waals surface area contributed by atoms with Crippen LogP contribution in [-0.4, -0.2) is 26.6 Å². The Morgan fingerprint density at radius 3 is 2.61 bits per heavy atom. The highest BCUT2D eigenvalue weighted by Crippen LogP contribution is 2.37. The minimum Gasteiger partial charge on any atom is -0.490 e. The van der Waals surface area contributed by atoms with Crippen molar-refractivity contribution in [1.29, 1.82) is 0 Å². The summed E-state index contributed by atoms with van der Waals surface area (Å²) in [5.41, 5.74) is -0.507. The van der Waals surface area contributed by atoms with E-state index in [2.05, 4.69) is 9.97 Å². The van der Waals surface area contributed by atoms with Gasteiger partial charge in [-0.25, -0.2) is 0 Å². The van der Waals surface area contributed by atoms with Crippen LogP contribution < -0.4 is 15.0 Å². The van der Waals surface area contributed by atoms with Crippen LogP contribution in [0.3, 0.4) is 0 Å². The van der Waals surface area contributed by atoms with E-state index in [1.165, 1.54) is 6.08 Å². The topological polar surface area (TPSA) is 128 Å². The monoisotopic (exact) mass is 443 g/mol. The van der Waals surface area contributed by atoms with Crippen LogP contribution in [-0.2, 0) is 6.61 Å². The summed E-state index contributed by atoms with van der Waals surface area (Å²) in [5, 5.41) is 20.7. The Morgan fingerprint density at radius 2 is 1.97 bits per heavy atom. The second kappa shape index (κ2) is 9.77. The molecular formula is C21H18ClN3O6. The highest BCUT2D eigenvalue weighted by molar-refractivity contribution is 6.32. The van der Waals surface area contributed by atoms with Gasteiger partial charge in [0.05, 0.1) is 16.6 Å². The Bertz CT molecular complexity index is 1180. The van der Waals surface area contributed by atoms with Gasteiger partial charge >= 0.3 is 11.2 Å². The molecule has 0 saturated heterocycles. The van der Waals surface area contributed by atoms with E-state index in [0.29, 0.717) is 35.3 Å². The Balaban J connectivity index is 1.87.